The molecule has 1 aromatic rings. The molecule has 4 heteroatoms. The highest BCUT2D eigenvalue weighted by molar-refractivity contribution is 5.83. The summed E-state index contributed by atoms with van der Waals surface area (Å²) in [7, 11) is 0. The average molecular weight is 302 g/mol. The quantitative estimate of drug-likeness (QED) is 0.926. The van der Waals surface area contributed by atoms with Crippen molar-refractivity contribution in [2.75, 3.05) is 32.8 Å². The van der Waals surface area contributed by atoms with Crippen molar-refractivity contribution in [1.29, 1.82) is 0 Å². The topological polar surface area (TPSA) is 43.8 Å². The zero-order chi connectivity index (χ0) is 15.4. The molecule has 0 bridgehead atoms. The molecule has 4 nitrogen and oxygen atoms in total. The average Bonchev–Trinajstić information content (AvgIpc) is 3.05. The first-order chi connectivity index (χ1) is 10.8. The molecular weight excluding hydrogens is 276 g/mol. The van der Waals surface area contributed by atoms with Crippen LogP contribution in [0, 0.1) is 5.92 Å². The van der Waals surface area contributed by atoms with Crippen molar-refractivity contribution in [1.82, 2.24) is 9.80 Å². The summed E-state index contributed by atoms with van der Waals surface area (Å²) in [5.74, 6) is 0.546. The summed E-state index contributed by atoms with van der Waals surface area (Å²) in [6.45, 7) is 3.70. The Balaban J connectivity index is 1.81. The van der Waals surface area contributed by atoms with Crippen molar-refractivity contribution in [3.05, 3.63) is 35.9 Å². The minimum atomic E-state index is -0.184. The van der Waals surface area contributed by atoms with E-state index in [2.05, 4.69) is 17.0 Å². The number of aliphatic hydroxyl groups is 1. The van der Waals surface area contributed by atoms with E-state index in [-0.39, 0.29) is 18.6 Å². The van der Waals surface area contributed by atoms with E-state index < -0.39 is 0 Å². The lowest BCUT2D eigenvalue weighted by Gasteiger charge is -2.34. The van der Waals surface area contributed by atoms with E-state index in [1.165, 1.54) is 6.42 Å². The molecule has 2 heterocycles. The second-order valence-electron chi connectivity index (χ2n) is 6.53. The highest BCUT2D eigenvalue weighted by atomic mass is 16.3. The standard InChI is InChI=1S/C18H26N2O2/c21-14-15-9-12-20(13-15)17(16-7-3-1-4-8-16)18(22)19-10-5-2-6-11-19/h1,3-4,7-8,15,17,21H,2,5-6,9-14H2. The fraction of sp³-hybridized carbons (Fsp3) is 0.611. The van der Waals surface area contributed by atoms with Crippen molar-refractivity contribution in [2.45, 2.75) is 31.7 Å². The van der Waals surface area contributed by atoms with Crippen LogP contribution in [0.15, 0.2) is 30.3 Å². The lowest BCUT2D eigenvalue weighted by molar-refractivity contribution is -0.138. The molecule has 0 saturated carbocycles. The van der Waals surface area contributed by atoms with E-state index in [1.54, 1.807) is 0 Å². The van der Waals surface area contributed by atoms with Gasteiger partial charge in [-0.15, -0.1) is 0 Å². The van der Waals surface area contributed by atoms with E-state index in [1.807, 2.05) is 23.1 Å². The number of amides is 1. The molecule has 2 aliphatic heterocycles. The number of carbonyl (C=O) groups is 1. The van der Waals surface area contributed by atoms with Gasteiger partial charge in [0, 0.05) is 26.2 Å². The molecule has 2 saturated heterocycles. The molecule has 2 atom stereocenters. The van der Waals surface area contributed by atoms with Gasteiger partial charge >= 0.3 is 0 Å². The molecule has 0 radical (unpaired) electrons. The van der Waals surface area contributed by atoms with Crippen molar-refractivity contribution in [2.24, 2.45) is 5.92 Å². The second-order valence-corrected chi connectivity index (χ2v) is 6.53. The number of aliphatic hydroxyl groups excluding tert-OH is 1. The lowest BCUT2D eigenvalue weighted by atomic mass is 10.0. The maximum absolute atomic E-state index is 13.1. The molecule has 2 fully saturated rings. The Hall–Kier alpha value is -1.39. The molecule has 1 N–H and O–H groups in total. The van der Waals surface area contributed by atoms with Crippen LogP contribution in [0.25, 0.3) is 0 Å². The molecule has 0 aliphatic carbocycles. The molecular formula is C18H26N2O2. The summed E-state index contributed by atoms with van der Waals surface area (Å²) < 4.78 is 0. The van der Waals surface area contributed by atoms with Crippen LogP contribution in [0.4, 0.5) is 0 Å². The zero-order valence-electron chi connectivity index (χ0n) is 13.2. The molecule has 2 unspecified atom stereocenters. The molecule has 3 rings (SSSR count). The van der Waals surface area contributed by atoms with Crippen LogP contribution in [0.3, 0.4) is 0 Å². The minimum absolute atomic E-state index is 0.184. The normalized spacial score (nSPS) is 24.4. The highest BCUT2D eigenvalue weighted by Crippen LogP contribution is 2.30. The van der Waals surface area contributed by atoms with E-state index in [0.29, 0.717) is 5.92 Å². The smallest absolute Gasteiger partial charge is 0.244 e. The third-order valence-corrected chi connectivity index (χ3v) is 4.96. The largest absolute Gasteiger partial charge is 0.396 e. The Kier molecular flexibility index (Phi) is 5.11. The summed E-state index contributed by atoms with van der Waals surface area (Å²) in [4.78, 5) is 17.4. The SMILES string of the molecule is O=C(C(c1ccccc1)N1CCC(CO)C1)N1CCCCC1. The molecule has 1 amide bonds. The second kappa shape index (κ2) is 7.25. The number of benzene rings is 1. The van der Waals surface area contributed by atoms with Crippen molar-refractivity contribution in [3.63, 3.8) is 0 Å². The van der Waals surface area contributed by atoms with Gasteiger partial charge in [-0.2, -0.15) is 0 Å². The maximum atomic E-state index is 13.1. The van der Waals surface area contributed by atoms with E-state index in [0.717, 1.165) is 51.0 Å². The molecule has 0 aromatic heterocycles. The maximum Gasteiger partial charge on any atom is 0.244 e. The van der Waals surface area contributed by atoms with Gasteiger partial charge in [0.1, 0.15) is 6.04 Å². The van der Waals surface area contributed by atoms with Gasteiger partial charge < -0.3 is 10.0 Å². The van der Waals surface area contributed by atoms with Gasteiger partial charge in [-0.25, -0.2) is 0 Å². The summed E-state index contributed by atoms with van der Waals surface area (Å²) in [6, 6.07) is 9.93. The van der Waals surface area contributed by atoms with Gasteiger partial charge in [0.25, 0.3) is 0 Å². The van der Waals surface area contributed by atoms with Crippen LogP contribution in [0.1, 0.15) is 37.3 Å². The fourth-order valence-corrected chi connectivity index (χ4v) is 3.68. The van der Waals surface area contributed by atoms with Gasteiger partial charge in [0.05, 0.1) is 0 Å². The van der Waals surface area contributed by atoms with Crippen LogP contribution < -0.4 is 0 Å². The monoisotopic (exact) mass is 302 g/mol. The third-order valence-electron chi connectivity index (χ3n) is 4.96. The minimum Gasteiger partial charge on any atom is -0.396 e. The number of likely N-dealkylation sites (tertiary alicyclic amines) is 2. The number of hydrogen-bond donors (Lipinski definition) is 1. The first-order valence-corrected chi connectivity index (χ1v) is 8.48. The van der Waals surface area contributed by atoms with Gasteiger partial charge in [0.15, 0.2) is 0 Å². The summed E-state index contributed by atoms with van der Waals surface area (Å²) in [5.41, 5.74) is 1.08. The van der Waals surface area contributed by atoms with Crippen LogP contribution in [-0.4, -0.2) is 53.6 Å². The fourth-order valence-electron chi connectivity index (χ4n) is 3.68. The number of rotatable bonds is 4. The molecule has 1 aromatic carbocycles. The predicted molar refractivity (Wildman–Crippen MR) is 86.4 cm³/mol. The van der Waals surface area contributed by atoms with Crippen molar-refractivity contribution < 1.29 is 9.90 Å². The van der Waals surface area contributed by atoms with Gasteiger partial charge in [-0.05, 0) is 43.7 Å². The van der Waals surface area contributed by atoms with Crippen LogP contribution in [0.5, 0.6) is 0 Å². The van der Waals surface area contributed by atoms with Crippen LogP contribution >= 0.6 is 0 Å². The van der Waals surface area contributed by atoms with Crippen molar-refractivity contribution >= 4 is 5.91 Å². The summed E-state index contributed by atoms with van der Waals surface area (Å²) >= 11 is 0. The van der Waals surface area contributed by atoms with Crippen LogP contribution in [0.2, 0.25) is 0 Å². The molecule has 22 heavy (non-hydrogen) atoms. The first kappa shape index (κ1) is 15.5. The Labute approximate surface area is 132 Å². The first-order valence-electron chi connectivity index (χ1n) is 8.48. The van der Waals surface area contributed by atoms with E-state index in [9.17, 15) is 9.90 Å². The van der Waals surface area contributed by atoms with Gasteiger partial charge in [-0.3, -0.25) is 9.69 Å². The predicted octanol–water partition coefficient (Wildman–Crippen LogP) is 2.05. The molecule has 120 valence electrons. The Bertz CT molecular complexity index is 485. The Morgan fingerprint density at radius 2 is 1.86 bits per heavy atom. The number of piperidine rings is 1. The van der Waals surface area contributed by atoms with E-state index in [4.69, 9.17) is 0 Å². The number of carbonyl (C=O) groups excluding carboxylic acids is 1. The Morgan fingerprint density at radius 3 is 2.50 bits per heavy atom. The molecule has 0 spiro atoms. The number of hydrogen-bond acceptors (Lipinski definition) is 3. The van der Waals surface area contributed by atoms with Gasteiger partial charge in [-0.1, -0.05) is 30.3 Å². The highest BCUT2D eigenvalue weighted by Gasteiger charge is 2.35. The van der Waals surface area contributed by atoms with E-state index >= 15 is 0 Å². The molecule has 2 aliphatic rings. The Morgan fingerprint density at radius 1 is 1.14 bits per heavy atom. The van der Waals surface area contributed by atoms with Gasteiger partial charge in [0.2, 0.25) is 5.91 Å². The zero-order valence-corrected chi connectivity index (χ0v) is 13.2. The summed E-state index contributed by atoms with van der Waals surface area (Å²) in [6.07, 6.45) is 4.45. The van der Waals surface area contributed by atoms with Crippen molar-refractivity contribution in [3.8, 4) is 0 Å². The summed E-state index contributed by atoms with van der Waals surface area (Å²) in [5, 5.41) is 9.40. The lowest BCUT2D eigenvalue weighted by Crippen LogP contribution is -2.44. The van der Waals surface area contributed by atoms with Crippen LogP contribution in [-0.2, 0) is 4.79 Å². The third kappa shape index (κ3) is 3.33. The number of nitrogens with zero attached hydrogens (tertiary/aromatic N) is 2.